The number of nitrogens with zero attached hydrogens (tertiary/aromatic N) is 1. The van der Waals surface area contributed by atoms with Crippen molar-refractivity contribution in [2.24, 2.45) is 0 Å². The summed E-state index contributed by atoms with van der Waals surface area (Å²) in [5, 5.41) is 17.1. The summed E-state index contributed by atoms with van der Waals surface area (Å²) in [4.78, 5) is 4.68. The van der Waals surface area contributed by atoms with E-state index in [2.05, 4.69) is 15.7 Å². The predicted octanol–water partition coefficient (Wildman–Crippen LogP) is 2.37. The minimum absolute atomic E-state index is 0.0472. The first-order valence-electron chi connectivity index (χ1n) is 8.73. The maximum Gasteiger partial charge on any atom is 0.113 e. The van der Waals surface area contributed by atoms with Crippen molar-refractivity contribution in [2.75, 3.05) is 26.4 Å². The normalized spacial score (nSPS) is 25.0. The molecule has 23 heavy (non-hydrogen) atoms. The molecule has 2 atom stereocenters. The molecule has 130 valence electrons. The Kier molecular flexibility index (Phi) is 6.04. The SMILES string of the molecule is Cc1csc(C2(NCC(O)COCC3CCCO3)CCCC2)n1. The maximum atomic E-state index is 10.2. The topological polar surface area (TPSA) is 63.6 Å². The van der Waals surface area contributed by atoms with Gasteiger partial charge in [0.1, 0.15) is 5.01 Å². The molecule has 2 N–H and O–H groups in total. The molecule has 2 aliphatic rings. The molecule has 0 radical (unpaired) electrons. The van der Waals surface area contributed by atoms with Gasteiger partial charge >= 0.3 is 0 Å². The highest BCUT2D eigenvalue weighted by molar-refractivity contribution is 7.09. The standard InChI is InChI=1S/C17H28N2O3S/c1-13-12-23-16(19-13)17(6-2-3-7-17)18-9-14(20)10-21-11-15-5-4-8-22-15/h12,14-15,18,20H,2-11H2,1H3. The molecule has 1 aromatic rings. The fraction of sp³-hybridized carbons (Fsp3) is 0.824. The zero-order valence-corrected chi connectivity index (χ0v) is 14.7. The second-order valence-corrected chi connectivity index (χ2v) is 7.65. The summed E-state index contributed by atoms with van der Waals surface area (Å²) < 4.78 is 11.1. The van der Waals surface area contributed by atoms with E-state index in [0.717, 1.165) is 38.0 Å². The van der Waals surface area contributed by atoms with Gasteiger partial charge in [-0.05, 0) is 32.6 Å². The van der Waals surface area contributed by atoms with Gasteiger partial charge in [-0.3, -0.25) is 0 Å². The molecule has 1 aliphatic carbocycles. The lowest BCUT2D eigenvalue weighted by atomic mass is 9.98. The van der Waals surface area contributed by atoms with Gasteiger partial charge in [-0.2, -0.15) is 0 Å². The van der Waals surface area contributed by atoms with Crippen LogP contribution in [-0.4, -0.2) is 48.7 Å². The summed E-state index contributed by atoms with van der Waals surface area (Å²) in [5.41, 5.74) is 1.03. The molecule has 0 aromatic carbocycles. The zero-order valence-electron chi connectivity index (χ0n) is 13.9. The number of aryl methyl sites for hydroxylation is 1. The number of hydrogen-bond acceptors (Lipinski definition) is 6. The third-order valence-corrected chi connectivity index (χ3v) is 5.96. The highest BCUT2D eigenvalue weighted by Gasteiger charge is 2.38. The quantitative estimate of drug-likeness (QED) is 0.761. The van der Waals surface area contributed by atoms with E-state index < -0.39 is 6.10 Å². The summed E-state index contributed by atoms with van der Waals surface area (Å²) in [5.74, 6) is 0. The van der Waals surface area contributed by atoms with Crippen LogP contribution in [-0.2, 0) is 15.0 Å². The Balaban J connectivity index is 1.45. The highest BCUT2D eigenvalue weighted by Crippen LogP contribution is 2.40. The molecule has 1 aromatic heterocycles. The molecule has 2 heterocycles. The Morgan fingerprint density at radius 3 is 2.96 bits per heavy atom. The van der Waals surface area contributed by atoms with Gasteiger partial charge in [0.25, 0.3) is 0 Å². The summed E-state index contributed by atoms with van der Waals surface area (Å²) in [7, 11) is 0. The van der Waals surface area contributed by atoms with Crippen LogP contribution in [0.15, 0.2) is 5.38 Å². The number of nitrogens with one attached hydrogen (secondary N) is 1. The van der Waals surface area contributed by atoms with E-state index in [4.69, 9.17) is 9.47 Å². The van der Waals surface area contributed by atoms with E-state index in [1.165, 1.54) is 17.8 Å². The van der Waals surface area contributed by atoms with Crippen LogP contribution in [0.1, 0.15) is 49.2 Å². The van der Waals surface area contributed by atoms with Crippen LogP contribution >= 0.6 is 11.3 Å². The lowest BCUT2D eigenvalue weighted by Gasteiger charge is -2.29. The van der Waals surface area contributed by atoms with E-state index in [9.17, 15) is 5.11 Å². The fourth-order valence-corrected chi connectivity index (χ4v) is 4.54. The smallest absolute Gasteiger partial charge is 0.113 e. The number of aliphatic hydroxyl groups excluding tert-OH is 1. The molecule has 1 aliphatic heterocycles. The molecule has 1 saturated heterocycles. The van der Waals surface area contributed by atoms with E-state index in [0.29, 0.717) is 19.8 Å². The van der Waals surface area contributed by atoms with Crippen LogP contribution in [0.2, 0.25) is 0 Å². The second-order valence-electron chi connectivity index (χ2n) is 6.79. The van der Waals surface area contributed by atoms with Crippen molar-refractivity contribution < 1.29 is 14.6 Å². The summed E-state index contributed by atoms with van der Waals surface area (Å²) in [6, 6.07) is 0. The van der Waals surface area contributed by atoms with Crippen molar-refractivity contribution in [1.82, 2.24) is 10.3 Å². The molecule has 0 bridgehead atoms. The average Bonchev–Trinajstić information content (AvgIpc) is 3.27. The molecule has 0 spiro atoms. The molecule has 1 saturated carbocycles. The van der Waals surface area contributed by atoms with Crippen molar-refractivity contribution in [3.8, 4) is 0 Å². The van der Waals surface area contributed by atoms with Crippen LogP contribution in [0.5, 0.6) is 0 Å². The van der Waals surface area contributed by atoms with Crippen LogP contribution < -0.4 is 5.32 Å². The van der Waals surface area contributed by atoms with Gasteiger partial charge in [0.15, 0.2) is 0 Å². The van der Waals surface area contributed by atoms with Crippen LogP contribution in [0.3, 0.4) is 0 Å². The monoisotopic (exact) mass is 340 g/mol. The van der Waals surface area contributed by atoms with Crippen LogP contribution in [0.25, 0.3) is 0 Å². The molecule has 2 fully saturated rings. The Morgan fingerprint density at radius 1 is 1.48 bits per heavy atom. The lowest BCUT2D eigenvalue weighted by molar-refractivity contribution is -0.0181. The highest BCUT2D eigenvalue weighted by atomic mass is 32.1. The van der Waals surface area contributed by atoms with E-state index in [-0.39, 0.29) is 11.6 Å². The molecule has 0 amide bonds. The van der Waals surface area contributed by atoms with E-state index in [1.54, 1.807) is 11.3 Å². The number of ether oxygens (including phenoxy) is 2. The Morgan fingerprint density at radius 2 is 2.30 bits per heavy atom. The third-order valence-electron chi connectivity index (χ3n) is 4.80. The van der Waals surface area contributed by atoms with Crippen molar-refractivity contribution in [1.29, 1.82) is 0 Å². The largest absolute Gasteiger partial charge is 0.389 e. The summed E-state index contributed by atoms with van der Waals surface area (Å²) in [6.07, 6.45) is 6.56. The van der Waals surface area contributed by atoms with Crippen molar-refractivity contribution >= 4 is 11.3 Å². The number of aromatic nitrogens is 1. The number of thiazole rings is 1. The van der Waals surface area contributed by atoms with Crippen LogP contribution in [0.4, 0.5) is 0 Å². The number of hydrogen-bond donors (Lipinski definition) is 2. The first kappa shape index (κ1) is 17.3. The molecule has 6 heteroatoms. The van der Waals surface area contributed by atoms with Gasteiger partial charge in [-0.15, -0.1) is 11.3 Å². The molecule has 2 unspecified atom stereocenters. The predicted molar refractivity (Wildman–Crippen MR) is 90.8 cm³/mol. The minimum atomic E-state index is -0.491. The third kappa shape index (κ3) is 4.51. The molecular weight excluding hydrogens is 312 g/mol. The van der Waals surface area contributed by atoms with E-state index >= 15 is 0 Å². The van der Waals surface area contributed by atoms with Crippen molar-refractivity contribution in [2.45, 2.75) is 63.2 Å². The Labute approximate surface area is 142 Å². The summed E-state index contributed by atoms with van der Waals surface area (Å²) >= 11 is 1.73. The molecular formula is C17H28N2O3S. The van der Waals surface area contributed by atoms with Gasteiger partial charge < -0.3 is 19.9 Å². The second kappa shape index (κ2) is 8.03. The number of rotatable bonds is 8. The first-order chi connectivity index (χ1) is 11.2. The van der Waals surface area contributed by atoms with Gasteiger partial charge in [0, 0.05) is 24.2 Å². The van der Waals surface area contributed by atoms with Crippen molar-refractivity contribution in [3.05, 3.63) is 16.1 Å². The molecule has 5 nitrogen and oxygen atoms in total. The van der Waals surface area contributed by atoms with Crippen LogP contribution in [0, 0.1) is 6.92 Å². The Hall–Kier alpha value is -0.530. The average molecular weight is 340 g/mol. The number of aliphatic hydroxyl groups is 1. The maximum absolute atomic E-state index is 10.2. The van der Waals surface area contributed by atoms with Gasteiger partial charge in [-0.25, -0.2) is 4.98 Å². The Bertz CT molecular complexity index is 482. The molecule has 3 rings (SSSR count). The lowest BCUT2D eigenvalue weighted by Crippen LogP contribution is -2.44. The van der Waals surface area contributed by atoms with Gasteiger partial charge in [0.05, 0.1) is 31.0 Å². The summed E-state index contributed by atoms with van der Waals surface area (Å²) in [6.45, 7) is 4.38. The van der Waals surface area contributed by atoms with Crippen molar-refractivity contribution in [3.63, 3.8) is 0 Å². The minimum Gasteiger partial charge on any atom is -0.389 e. The van der Waals surface area contributed by atoms with Gasteiger partial charge in [-0.1, -0.05) is 12.8 Å². The zero-order chi connectivity index (χ0) is 16.1. The fourth-order valence-electron chi connectivity index (χ4n) is 3.50. The van der Waals surface area contributed by atoms with E-state index in [1.807, 2.05) is 6.92 Å². The van der Waals surface area contributed by atoms with Gasteiger partial charge in [0.2, 0.25) is 0 Å². The first-order valence-corrected chi connectivity index (χ1v) is 9.61.